The molecule has 1 aromatic heterocycles. The number of ketones is 1. The Hall–Kier alpha value is -2.29. The molecule has 1 radical (unpaired) electrons. The molecular formula is C30H38IrNO2-. The third-order valence-electron chi connectivity index (χ3n) is 5.66. The SMILES string of the molecule is CC(C)(C)C(=O)/C=C(\O)C(C)(C)C.Cc1[c-]c(-c2nccc3ccc(C)cc23)c(C)c(C)c1.[Ir]. The molecule has 4 heteroatoms. The van der Waals surface area contributed by atoms with Crippen LogP contribution in [0.25, 0.3) is 22.0 Å². The van der Waals surface area contributed by atoms with Crippen LogP contribution in [0.15, 0.2) is 48.4 Å². The van der Waals surface area contributed by atoms with E-state index in [-0.39, 0.29) is 37.1 Å². The van der Waals surface area contributed by atoms with E-state index in [9.17, 15) is 9.90 Å². The van der Waals surface area contributed by atoms with Crippen molar-refractivity contribution in [3.8, 4) is 11.3 Å². The van der Waals surface area contributed by atoms with Crippen LogP contribution in [0.3, 0.4) is 0 Å². The number of aryl methyl sites for hydroxylation is 3. The van der Waals surface area contributed by atoms with Crippen LogP contribution in [0, 0.1) is 44.6 Å². The maximum atomic E-state index is 11.5. The topological polar surface area (TPSA) is 50.2 Å². The first kappa shape index (κ1) is 29.7. The van der Waals surface area contributed by atoms with Gasteiger partial charge in [0.15, 0.2) is 5.78 Å². The summed E-state index contributed by atoms with van der Waals surface area (Å²) in [5.41, 5.74) is 6.37. The summed E-state index contributed by atoms with van der Waals surface area (Å²) in [5, 5.41) is 12.0. The van der Waals surface area contributed by atoms with E-state index in [1.54, 1.807) is 0 Å². The number of hydrogen-bond acceptors (Lipinski definition) is 3. The summed E-state index contributed by atoms with van der Waals surface area (Å²) in [5.74, 6) is 0.104. The standard InChI is InChI=1S/C19H18N.C11H20O2.Ir/c1-12-5-6-16-7-8-20-19(18(16)10-12)17-11-13(2)9-14(3)15(17)4;1-10(2,3)8(12)7-9(13)11(4,5)6;/h5-10H,1-4H3;7,12H,1-6H3;/q-1;;/b;8-7-;. The zero-order chi connectivity index (χ0) is 25.1. The van der Waals surface area contributed by atoms with E-state index in [0.717, 1.165) is 16.8 Å². The van der Waals surface area contributed by atoms with Crippen molar-refractivity contribution >= 4 is 16.6 Å². The van der Waals surface area contributed by atoms with Crippen molar-refractivity contribution in [2.45, 2.75) is 69.2 Å². The number of nitrogens with zero attached hydrogens (tertiary/aromatic N) is 1. The van der Waals surface area contributed by atoms with Crippen molar-refractivity contribution in [1.82, 2.24) is 4.98 Å². The van der Waals surface area contributed by atoms with E-state index in [0.29, 0.717) is 0 Å². The fraction of sp³-hybridized carbons (Fsp3) is 0.400. The monoisotopic (exact) mass is 637 g/mol. The van der Waals surface area contributed by atoms with Crippen LogP contribution in [-0.2, 0) is 24.9 Å². The summed E-state index contributed by atoms with van der Waals surface area (Å²) < 4.78 is 0. The van der Waals surface area contributed by atoms with Crippen molar-refractivity contribution in [2.24, 2.45) is 10.8 Å². The molecule has 185 valence electrons. The van der Waals surface area contributed by atoms with Crippen LogP contribution >= 0.6 is 0 Å². The summed E-state index contributed by atoms with van der Waals surface area (Å²) in [6.07, 6.45) is 3.22. The number of fused-ring (bicyclic) bond motifs is 1. The largest absolute Gasteiger partial charge is 0.512 e. The second-order valence-corrected chi connectivity index (χ2v) is 10.9. The van der Waals surface area contributed by atoms with Gasteiger partial charge in [0.25, 0.3) is 0 Å². The molecular weight excluding hydrogens is 599 g/mol. The molecule has 0 bridgehead atoms. The van der Waals surface area contributed by atoms with Crippen molar-refractivity contribution in [3.05, 3.63) is 76.7 Å². The summed E-state index contributed by atoms with van der Waals surface area (Å²) in [7, 11) is 0. The maximum absolute atomic E-state index is 11.5. The average Bonchev–Trinajstić information content (AvgIpc) is 2.69. The fourth-order valence-corrected chi connectivity index (χ4v) is 3.23. The normalized spacial score (nSPS) is 12.0. The van der Waals surface area contributed by atoms with Crippen LogP contribution in [0.2, 0.25) is 0 Å². The number of pyridine rings is 1. The molecule has 3 rings (SSSR count). The fourth-order valence-electron chi connectivity index (χ4n) is 3.23. The van der Waals surface area contributed by atoms with Gasteiger partial charge in [0.2, 0.25) is 0 Å². The zero-order valence-corrected chi connectivity index (χ0v) is 24.6. The van der Waals surface area contributed by atoms with Crippen LogP contribution in [-0.4, -0.2) is 15.9 Å². The number of rotatable bonds is 2. The first-order valence-corrected chi connectivity index (χ1v) is 11.4. The van der Waals surface area contributed by atoms with Gasteiger partial charge >= 0.3 is 0 Å². The third-order valence-corrected chi connectivity index (χ3v) is 5.66. The van der Waals surface area contributed by atoms with Gasteiger partial charge in [-0.05, 0) is 29.5 Å². The van der Waals surface area contributed by atoms with Crippen molar-refractivity contribution in [2.75, 3.05) is 0 Å². The van der Waals surface area contributed by atoms with Gasteiger partial charge in [-0.25, -0.2) is 0 Å². The average molecular weight is 637 g/mol. The Morgan fingerprint density at radius 1 is 0.941 bits per heavy atom. The Kier molecular flexibility index (Phi) is 9.99. The van der Waals surface area contributed by atoms with Crippen LogP contribution in [0.4, 0.5) is 0 Å². The quantitative estimate of drug-likeness (QED) is 0.176. The molecule has 0 aliphatic rings. The van der Waals surface area contributed by atoms with E-state index in [2.05, 4.69) is 69.1 Å². The molecule has 0 aliphatic heterocycles. The summed E-state index contributed by atoms with van der Waals surface area (Å²) >= 11 is 0. The molecule has 0 unspecified atom stereocenters. The van der Waals surface area contributed by atoms with E-state index in [1.165, 1.54) is 33.5 Å². The van der Waals surface area contributed by atoms with Gasteiger partial charge in [-0.2, -0.15) is 0 Å². The third kappa shape index (κ3) is 7.61. The van der Waals surface area contributed by atoms with E-state index in [4.69, 9.17) is 0 Å². The van der Waals surface area contributed by atoms with Gasteiger partial charge in [0.1, 0.15) is 5.76 Å². The minimum atomic E-state index is -0.417. The number of allylic oxidation sites excluding steroid dienone is 2. The molecule has 0 spiro atoms. The van der Waals surface area contributed by atoms with Gasteiger partial charge in [-0.1, -0.05) is 86.1 Å². The second-order valence-electron chi connectivity index (χ2n) is 10.9. The molecule has 0 saturated carbocycles. The van der Waals surface area contributed by atoms with Gasteiger partial charge in [0.05, 0.1) is 0 Å². The second kappa shape index (κ2) is 11.4. The Balaban J connectivity index is 0.000000364. The van der Waals surface area contributed by atoms with Crippen molar-refractivity contribution < 1.29 is 30.0 Å². The van der Waals surface area contributed by atoms with Crippen molar-refractivity contribution in [3.63, 3.8) is 0 Å². The Labute approximate surface area is 219 Å². The number of hydrogen-bond donors (Lipinski definition) is 1. The first-order chi connectivity index (χ1) is 15.1. The van der Waals surface area contributed by atoms with Gasteiger partial charge in [0, 0.05) is 43.2 Å². The molecule has 3 nitrogen and oxygen atoms in total. The van der Waals surface area contributed by atoms with E-state index >= 15 is 0 Å². The van der Waals surface area contributed by atoms with E-state index < -0.39 is 5.41 Å². The van der Waals surface area contributed by atoms with Crippen molar-refractivity contribution in [1.29, 1.82) is 0 Å². The molecule has 0 fully saturated rings. The minimum absolute atomic E-state index is 0. The van der Waals surface area contributed by atoms with Gasteiger partial charge in [-0.15, -0.1) is 34.4 Å². The number of aliphatic hydroxyl groups is 1. The number of benzene rings is 2. The minimum Gasteiger partial charge on any atom is -0.512 e. The van der Waals surface area contributed by atoms with Gasteiger partial charge in [-0.3, -0.25) is 4.79 Å². The number of aliphatic hydroxyl groups excluding tert-OH is 1. The number of carbonyl (C=O) groups is 1. The zero-order valence-electron chi connectivity index (χ0n) is 22.2. The molecule has 1 heterocycles. The van der Waals surface area contributed by atoms with Crippen LogP contribution in [0.1, 0.15) is 63.8 Å². The Bertz CT molecular complexity index is 1190. The maximum Gasteiger partial charge on any atom is 0.164 e. The predicted molar refractivity (Wildman–Crippen MR) is 140 cm³/mol. The van der Waals surface area contributed by atoms with Gasteiger partial charge < -0.3 is 10.1 Å². The Morgan fingerprint density at radius 2 is 1.56 bits per heavy atom. The molecule has 0 amide bonds. The molecule has 0 aliphatic carbocycles. The molecule has 1 N–H and O–H groups in total. The van der Waals surface area contributed by atoms with E-state index in [1.807, 2.05) is 47.7 Å². The number of carbonyl (C=O) groups excluding carboxylic acids is 1. The van der Waals surface area contributed by atoms with Crippen LogP contribution in [0.5, 0.6) is 0 Å². The summed E-state index contributed by atoms with van der Waals surface area (Å²) in [4.78, 5) is 16.1. The molecule has 2 aromatic carbocycles. The predicted octanol–water partition coefficient (Wildman–Crippen LogP) is 8.02. The number of aromatic nitrogens is 1. The molecule has 0 saturated heterocycles. The van der Waals surface area contributed by atoms with Crippen LogP contribution < -0.4 is 0 Å². The molecule has 0 atom stereocenters. The first-order valence-electron chi connectivity index (χ1n) is 11.4. The molecule has 34 heavy (non-hydrogen) atoms. The summed E-state index contributed by atoms with van der Waals surface area (Å²) in [6, 6.07) is 14.2. The smallest absolute Gasteiger partial charge is 0.164 e. The summed E-state index contributed by atoms with van der Waals surface area (Å²) in [6.45, 7) is 19.6. The molecule has 3 aromatic rings. The Morgan fingerprint density at radius 3 is 2.12 bits per heavy atom.